The number of hydrogen-bond acceptors (Lipinski definition) is 2. The van der Waals surface area contributed by atoms with Crippen LogP contribution < -0.4 is 11.1 Å². The van der Waals surface area contributed by atoms with E-state index < -0.39 is 0 Å². The third kappa shape index (κ3) is 5.51. The molecule has 0 aliphatic carbocycles. The fourth-order valence-corrected chi connectivity index (χ4v) is 3.72. The van der Waals surface area contributed by atoms with Crippen LogP contribution in [-0.4, -0.2) is 13.1 Å². The van der Waals surface area contributed by atoms with E-state index in [0.29, 0.717) is 6.54 Å². The first kappa shape index (κ1) is 20.2. The van der Waals surface area contributed by atoms with Crippen molar-refractivity contribution in [2.75, 3.05) is 13.1 Å². The van der Waals surface area contributed by atoms with Crippen LogP contribution >= 0.6 is 0 Å². The Morgan fingerprint density at radius 2 is 1.36 bits per heavy atom. The van der Waals surface area contributed by atoms with Crippen LogP contribution in [0.2, 0.25) is 0 Å². The van der Waals surface area contributed by atoms with Crippen LogP contribution in [-0.2, 0) is 18.4 Å². The van der Waals surface area contributed by atoms with Crippen molar-refractivity contribution in [3.05, 3.63) is 107 Å². The van der Waals surface area contributed by atoms with Crippen molar-refractivity contribution in [2.24, 2.45) is 5.73 Å². The minimum Gasteiger partial charge on any atom is -0.328 e. The first-order valence-electron chi connectivity index (χ1n) is 10.0. The molecule has 28 heavy (non-hydrogen) atoms. The molecule has 3 aromatic carbocycles. The van der Waals surface area contributed by atoms with Gasteiger partial charge in [0.05, 0.1) is 5.54 Å². The zero-order chi connectivity index (χ0) is 19.7. The molecule has 0 aliphatic heterocycles. The van der Waals surface area contributed by atoms with Gasteiger partial charge in [-0.3, -0.25) is 0 Å². The lowest BCUT2D eigenvalue weighted by atomic mass is 9.84. The van der Waals surface area contributed by atoms with Gasteiger partial charge in [-0.15, -0.1) is 0 Å². The number of hydrogen-bond donors (Lipinski definition) is 2. The van der Waals surface area contributed by atoms with Crippen molar-refractivity contribution < 1.29 is 4.39 Å². The summed E-state index contributed by atoms with van der Waals surface area (Å²) in [6, 6.07) is 27.8. The third-order valence-electron chi connectivity index (χ3n) is 5.38. The summed E-state index contributed by atoms with van der Waals surface area (Å²) in [6.45, 7) is 1.33. The molecule has 0 radical (unpaired) electrons. The molecule has 1 unspecified atom stereocenters. The first-order chi connectivity index (χ1) is 13.7. The lowest BCUT2D eigenvalue weighted by molar-refractivity contribution is 0.311. The molecule has 1 atom stereocenters. The Labute approximate surface area is 167 Å². The Kier molecular flexibility index (Phi) is 7.35. The summed E-state index contributed by atoms with van der Waals surface area (Å²) in [5.74, 6) is -0.196. The fraction of sp³-hybridized carbons (Fsp3) is 0.280. The predicted molar refractivity (Wildman–Crippen MR) is 115 cm³/mol. The van der Waals surface area contributed by atoms with Crippen LogP contribution in [0.3, 0.4) is 0 Å². The normalized spacial score (nSPS) is 13.2. The van der Waals surface area contributed by atoms with Crippen LogP contribution in [0, 0.1) is 5.82 Å². The van der Waals surface area contributed by atoms with E-state index in [2.05, 4.69) is 59.9 Å². The maximum Gasteiger partial charge on any atom is 0.123 e. The maximum absolute atomic E-state index is 13.1. The molecule has 3 N–H and O–H groups in total. The van der Waals surface area contributed by atoms with Gasteiger partial charge in [-0.25, -0.2) is 4.39 Å². The van der Waals surface area contributed by atoms with Gasteiger partial charge in [0.15, 0.2) is 0 Å². The molecular weight excluding hydrogens is 347 g/mol. The van der Waals surface area contributed by atoms with Crippen molar-refractivity contribution in [3.8, 4) is 0 Å². The monoisotopic (exact) mass is 376 g/mol. The van der Waals surface area contributed by atoms with Gasteiger partial charge in [-0.05, 0) is 54.5 Å². The van der Waals surface area contributed by atoms with E-state index in [-0.39, 0.29) is 11.4 Å². The molecule has 0 bridgehead atoms. The average Bonchev–Trinajstić information content (AvgIpc) is 2.75. The van der Waals surface area contributed by atoms with Crippen LogP contribution in [0.5, 0.6) is 0 Å². The van der Waals surface area contributed by atoms with E-state index in [4.69, 9.17) is 5.73 Å². The standard InChI is InChI=1S/C25H29FN2/c26-24-15-13-22(14-16-24)17-19-28-25(20-27,23-11-5-2-6-12-23)18-7-10-21-8-3-1-4-9-21/h1-6,8-9,11-16,28H,7,10,17-20,27H2. The molecule has 3 rings (SSSR count). The van der Waals surface area contributed by atoms with Crippen LogP contribution in [0.1, 0.15) is 29.5 Å². The van der Waals surface area contributed by atoms with Gasteiger partial charge in [0.25, 0.3) is 0 Å². The highest BCUT2D eigenvalue weighted by Gasteiger charge is 2.29. The fourth-order valence-electron chi connectivity index (χ4n) is 3.72. The smallest absolute Gasteiger partial charge is 0.123 e. The average molecular weight is 377 g/mol. The highest BCUT2D eigenvalue weighted by atomic mass is 19.1. The molecule has 3 aromatic rings. The van der Waals surface area contributed by atoms with E-state index >= 15 is 0 Å². The van der Waals surface area contributed by atoms with Gasteiger partial charge in [0.2, 0.25) is 0 Å². The molecule has 2 nitrogen and oxygen atoms in total. The van der Waals surface area contributed by atoms with Gasteiger partial charge in [0.1, 0.15) is 5.82 Å². The topological polar surface area (TPSA) is 38.0 Å². The molecule has 0 heterocycles. The zero-order valence-corrected chi connectivity index (χ0v) is 16.3. The second kappa shape index (κ2) is 10.2. The van der Waals surface area contributed by atoms with Crippen molar-refractivity contribution in [2.45, 2.75) is 31.2 Å². The number of aryl methyl sites for hydroxylation is 1. The summed E-state index contributed by atoms with van der Waals surface area (Å²) >= 11 is 0. The Morgan fingerprint density at radius 1 is 0.750 bits per heavy atom. The Balaban J connectivity index is 1.67. The van der Waals surface area contributed by atoms with Crippen molar-refractivity contribution in [3.63, 3.8) is 0 Å². The summed E-state index contributed by atoms with van der Waals surface area (Å²) in [4.78, 5) is 0. The van der Waals surface area contributed by atoms with Gasteiger partial charge >= 0.3 is 0 Å². The summed E-state index contributed by atoms with van der Waals surface area (Å²) < 4.78 is 13.1. The lowest BCUT2D eigenvalue weighted by Crippen LogP contribution is -2.49. The SMILES string of the molecule is NCC(CCCc1ccccc1)(NCCc1ccc(F)cc1)c1ccccc1. The van der Waals surface area contributed by atoms with Gasteiger partial charge in [-0.1, -0.05) is 72.8 Å². The van der Waals surface area contributed by atoms with E-state index in [1.54, 1.807) is 0 Å². The number of rotatable bonds is 10. The van der Waals surface area contributed by atoms with E-state index in [9.17, 15) is 4.39 Å². The Morgan fingerprint density at radius 3 is 2.00 bits per heavy atom. The predicted octanol–water partition coefficient (Wildman–Crippen LogP) is 4.83. The number of nitrogens with two attached hydrogens (primary N) is 1. The number of benzene rings is 3. The minimum atomic E-state index is -0.254. The largest absolute Gasteiger partial charge is 0.328 e. The number of nitrogens with one attached hydrogen (secondary N) is 1. The summed E-state index contributed by atoms with van der Waals surface area (Å²) in [5.41, 5.74) is 9.76. The molecule has 0 fully saturated rings. The maximum atomic E-state index is 13.1. The lowest BCUT2D eigenvalue weighted by Gasteiger charge is -2.35. The molecule has 0 saturated heterocycles. The Hall–Kier alpha value is -2.49. The molecule has 0 aliphatic rings. The highest BCUT2D eigenvalue weighted by Crippen LogP contribution is 2.26. The van der Waals surface area contributed by atoms with E-state index in [1.807, 2.05) is 18.2 Å². The van der Waals surface area contributed by atoms with Gasteiger partial charge in [-0.2, -0.15) is 0 Å². The molecule has 0 spiro atoms. The summed E-state index contributed by atoms with van der Waals surface area (Å²) in [5, 5.41) is 3.73. The van der Waals surface area contributed by atoms with Crippen LogP contribution in [0.25, 0.3) is 0 Å². The van der Waals surface area contributed by atoms with Crippen molar-refractivity contribution in [1.29, 1.82) is 0 Å². The molecule has 3 heteroatoms. The summed E-state index contributed by atoms with van der Waals surface area (Å²) in [7, 11) is 0. The van der Waals surface area contributed by atoms with Crippen LogP contribution in [0.15, 0.2) is 84.9 Å². The third-order valence-corrected chi connectivity index (χ3v) is 5.38. The second-order valence-electron chi connectivity index (χ2n) is 7.29. The van der Waals surface area contributed by atoms with E-state index in [1.165, 1.54) is 23.3 Å². The van der Waals surface area contributed by atoms with E-state index in [0.717, 1.165) is 37.8 Å². The molecule has 146 valence electrons. The van der Waals surface area contributed by atoms with Gasteiger partial charge < -0.3 is 11.1 Å². The highest BCUT2D eigenvalue weighted by molar-refractivity contribution is 5.26. The molecule has 0 saturated carbocycles. The first-order valence-corrected chi connectivity index (χ1v) is 10.0. The summed E-state index contributed by atoms with van der Waals surface area (Å²) in [6.07, 6.45) is 3.90. The second-order valence-corrected chi connectivity index (χ2v) is 7.29. The van der Waals surface area contributed by atoms with Crippen molar-refractivity contribution in [1.82, 2.24) is 5.32 Å². The Bertz CT molecular complexity index is 818. The van der Waals surface area contributed by atoms with Gasteiger partial charge in [0, 0.05) is 13.1 Å². The zero-order valence-electron chi connectivity index (χ0n) is 16.3. The van der Waals surface area contributed by atoms with Crippen LogP contribution in [0.4, 0.5) is 4.39 Å². The molecule has 0 aromatic heterocycles. The molecular formula is C25H29FN2. The minimum absolute atomic E-state index is 0.196. The quantitative estimate of drug-likeness (QED) is 0.532. The molecule has 0 amide bonds. The van der Waals surface area contributed by atoms with Crippen molar-refractivity contribution >= 4 is 0 Å². The number of halogens is 1.